The maximum atomic E-state index is 3.46. The minimum atomic E-state index is 1.11. The van der Waals surface area contributed by atoms with Gasteiger partial charge in [0.25, 0.3) is 0 Å². The van der Waals surface area contributed by atoms with Gasteiger partial charge in [-0.05, 0) is 6.54 Å². The van der Waals surface area contributed by atoms with Gasteiger partial charge in [0.2, 0.25) is 0 Å². The van der Waals surface area contributed by atoms with Gasteiger partial charge in [-0.15, -0.1) is 0 Å². The van der Waals surface area contributed by atoms with Crippen LogP contribution in [0.25, 0.3) is 0 Å². The first-order chi connectivity index (χ1) is 5.36. The molecule has 3 heteroatoms. The fourth-order valence-electron chi connectivity index (χ4n) is 1.45. The van der Waals surface area contributed by atoms with E-state index in [2.05, 4.69) is 32.7 Å². The third-order valence-electron chi connectivity index (χ3n) is 2.31. The third-order valence-corrected chi connectivity index (χ3v) is 2.67. The summed E-state index contributed by atoms with van der Waals surface area (Å²) < 4.78 is 0. The Labute approximate surface area is 77.7 Å². The molecular weight excluding hydrogens is 204 g/mol. The van der Waals surface area contributed by atoms with Crippen LogP contribution in [-0.4, -0.2) is 54.4 Å². The molecule has 0 unspecified atom stereocenters. The molecular formula is C8H17BrN2. The minimum Gasteiger partial charge on any atom is -0.301 e. The van der Waals surface area contributed by atoms with Gasteiger partial charge in [0.1, 0.15) is 0 Å². The van der Waals surface area contributed by atoms with Gasteiger partial charge in [-0.3, -0.25) is 4.90 Å². The highest BCUT2D eigenvalue weighted by atomic mass is 79.9. The highest BCUT2D eigenvalue weighted by Gasteiger charge is 2.13. The molecule has 11 heavy (non-hydrogen) atoms. The van der Waals surface area contributed by atoms with E-state index in [0.29, 0.717) is 0 Å². The van der Waals surface area contributed by atoms with Gasteiger partial charge < -0.3 is 4.90 Å². The predicted molar refractivity (Wildman–Crippen MR) is 52.3 cm³/mol. The second kappa shape index (κ2) is 5.12. The van der Waals surface area contributed by atoms with Gasteiger partial charge in [-0.2, -0.15) is 0 Å². The van der Waals surface area contributed by atoms with E-state index >= 15 is 0 Å². The van der Waals surface area contributed by atoms with Crippen molar-refractivity contribution in [3.8, 4) is 0 Å². The summed E-state index contributed by atoms with van der Waals surface area (Å²) in [5, 5.41) is 1.11. The molecule has 1 aliphatic heterocycles. The maximum absolute atomic E-state index is 3.46. The summed E-state index contributed by atoms with van der Waals surface area (Å²) in [5.74, 6) is 0. The van der Waals surface area contributed by atoms with Crippen LogP contribution < -0.4 is 0 Å². The van der Waals surface area contributed by atoms with E-state index in [4.69, 9.17) is 0 Å². The van der Waals surface area contributed by atoms with E-state index in [9.17, 15) is 0 Å². The molecule has 0 bridgehead atoms. The summed E-state index contributed by atoms with van der Waals surface area (Å²) in [6.45, 7) is 9.66. The highest BCUT2D eigenvalue weighted by Crippen LogP contribution is 2.00. The Balaban J connectivity index is 2.14. The van der Waals surface area contributed by atoms with Crippen LogP contribution in [0, 0.1) is 0 Å². The van der Waals surface area contributed by atoms with Crippen LogP contribution in [0.5, 0.6) is 0 Å². The second-order valence-electron chi connectivity index (χ2n) is 2.96. The third kappa shape index (κ3) is 3.09. The number of piperazine rings is 1. The average Bonchev–Trinajstić information content (AvgIpc) is 2.07. The van der Waals surface area contributed by atoms with Crippen molar-refractivity contribution >= 4 is 15.9 Å². The predicted octanol–water partition coefficient (Wildman–Crippen LogP) is 1.02. The number of likely N-dealkylation sites (N-methyl/N-ethyl adjacent to an activating group) is 1. The Bertz CT molecular complexity index is 100. The molecule has 0 spiro atoms. The van der Waals surface area contributed by atoms with Crippen molar-refractivity contribution in [3.05, 3.63) is 0 Å². The molecule has 1 heterocycles. The number of hydrogen-bond acceptors (Lipinski definition) is 2. The quantitative estimate of drug-likeness (QED) is 0.656. The number of rotatable bonds is 3. The summed E-state index contributed by atoms with van der Waals surface area (Å²) in [6, 6.07) is 0. The molecule has 66 valence electrons. The summed E-state index contributed by atoms with van der Waals surface area (Å²) >= 11 is 3.46. The average molecular weight is 221 g/mol. The number of halogens is 1. The molecule has 0 saturated carbocycles. The van der Waals surface area contributed by atoms with Gasteiger partial charge >= 0.3 is 0 Å². The molecule has 1 saturated heterocycles. The Hall–Kier alpha value is 0.400. The maximum Gasteiger partial charge on any atom is 0.0159 e. The molecule has 0 amide bonds. The van der Waals surface area contributed by atoms with Crippen molar-refractivity contribution in [2.75, 3.05) is 44.6 Å². The molecule has 1 rings (SSSR count). The zero-order chi connectivity index (χ0) is 8.10. The molecule has 2 nitrogen and oxygen atoms in total. The summed E-state index contributed by atoms with van der Waals surface area (Å²) in [6.07, 6.45) is 0. The monoisotopic (exact) mass is 220 g/mol. The van der Waals surface area contributed by atoms with Crippen molar-refractivity contribution in [3.63, 3.8) is 0 Å². The first-order valence-corrected chi connectivity index (χ1v) is 5.49. The minimum absolute atomic E-state index is 1.11. The number of nitrogens with zero attached hydrogens (tertiary/aromatic N) is 2. The van der Waals surface area contributed by atoms with Gasteiger partial charge in [0.15, 0.2) is 0 Å². The van der Waals surface area contributed by atoms with Gasteiger partial charge in [0.05, 0.1) is 0 Å². The van der Waals surface area contributed by atoms with Crippen LogP contribution in [0.15, 0.2) is 0 Å². The van der Waals surface area contributed by atoms with Gasteiger partial charge in [-0.1, -0.05) is 22.9 Å². The first-order valence-electron chi connectivity index (χ1n) is 4.37. The van der Waals surface area contributed by atoms with Crippen LogP contribution in [0.2, 0.25) is 0 Å². The Morgan fingerprint density at radius 2 is 1.64 bits per heavy atom. The van der Waals surface area contributed by atoms with E-state index in [-0.39, 0.29) is 0 Å². The summed E-state index contributed by atoms with van der Waals surface area (Å²) in [7, 11) is 0. The molecule has 1 aliphatic rings. The lowest BCUT2D eigenvalue weighted by atomic mass is 10.3. The van der Waals surface area contributed by atoms with Gasteiger partial charge in [0, 0.05) is 38.1 Å². The lowest BCUT2D eigenvalue weighted by molar-refractivity contribution is 0.144. The Morgan fingerprint density at radius 3 is 2.09 bits per heavy atom. The van der Waals surface area contributed by atoms with E-state index in [1.54, 1.807) is 0 Å². The smallest absolute Gasteiger partial charge is 0.0159 e. The van der Waals surface area contributed by atoms with E-state index < -0.39 is 0 Å². The largest absolute Gasteiger partial charge is 0.301 e. The number of alkyl halides is 1. The SMILES string of the molecule is CCN1CCN(CCBr)CC1. The van der Waals surface area contributed by atoms with Crippen LogP contribution >= 0.6 is 15.9 Å². The van der Waals surface area contributed by atoms with Crippen molar-refractivity contribution in [1.29, 1.82) is 0 Å². The fourth-order valence-corrected chi connectivity index (χ4v) is 1.95. The van der Waals surface area contributed by atoms with Crippen molar-refractivity contribution in [2.24, 2.45) is 0 Å². The fraction of sp³-hybridized carbons (Fsp3) is 1.00. The standard InChI is InChI=1S/C8H17BrN2/c1-2-10-5-7-11(4-3-9)8-6-10/h2-8H2,1H3. The van der Waals surface area contributed by atoms with Crippen LogP contribution in [-0.2, 0) is 0 Å². The van der Waals surface area contributed by atoms with E-state index in [1.165, 1.54) is 39.3 Å². The topological polar surface area (TPSA) is 6.48 Å². The van der Waals surface area contributed by atoms with Crippen LogP contribution in [0.3, 0.4) is 0 Å². The summed E-state index contributed by atoms with van der Waals surface area (Å²) in [4.78, 5) is 5.02. The molecule has 0 atom stereocenters. The van der Waals surface area contributed by atoms with Crippen molar-refractivity contribution < 1.29 is 0 Å². The molecule has 0 aromatic rings. The normalized spacial score (nSPS) is 22.4. The molecule has 1 fully saturated rings. The molecule has 0 aromatic carbocycles. The lowest BCUT2D eigenvalue weighted by Crippen LogP contribution is -2.46. The Kier molecular flexibility index (Phi) is 4.41. The van der Waals surface area contributed by atoms with Crippen molar-refractivity contribution in [2.45, 2.75) is 6.92 Å². The van der Waals surface area contributed by atoms with Gasteiger partial charge in [-0.25, -0.2) is 0 Å². The van der Waals surface area contributed by atoms with E-state index in [1.807, 2.05) is 0 Å². The van der Waals surface area contributed by atoms with E-state index in [0.717, 1.165) is 5.33 Å². The first kappa shape index (κ1) is 9.49. The number of hydrogen-bond donors (Lipinski definition) is 0. The molecule has 0 aromatic heterocycles. The molecule has 0 radical (unpaired) electrons. The Morgan fingerprint density at radius 1 is 1.09 bits per heavy atom. The molecule has 0 N–H and O–H groups in total. The lowest BCUT2D eigenvalue weighted by Gasteiger charge is -2.33. The van der Waals surface area contributed by atoms with Crippen LogP contribution in [0.4, 0.5) is 0 Å². The zero-order valence-electron chi connectivity index (χ0n) is 7.22. The zero-order valence-corrected chi connectivity index (χ0v) is 8.81. The van der Waals surface area contributed by atoms with Crippen LogP contribution in [0.1, 0.15) is 6.92 Å². The van der Waals surface area contributed by atoms with Crippen molar-refractivity contribution in [1.82, 2.24) is 9.80 Å². The second-order valence-corrected chi connectivity index (χ2v) is 3.76. The summed E-state index contributed by atoms with van der Waals surface area (Å²) in [5.41, 5.74) is 0. The highest BCUT2D eigenvalue weighted by molar-refractivity contribution is 9.09. The molecule has 0 aliphatic carbocycles.